The number of methoxy groups -OCH3 is 1. The van der Waals surface area contributed by atoms with Crippen molar-refractivity contribution in [3.63, 3.8) is 0 Å². The van der Waals surface area contributed by atoms with E-state index in [-0.39, 0.29) is 6.04 Å². The molecule has 24 heavy (non-hydrogen) atoms. The molecule has 0 aliphatic heterocycles. The van der Waals surface area contributed by atoms with E-state index in [2.05, 4.69) is 43.2 Å². The van der Waals surface area contributed by atoms with Crippen LogP contribution in [0.15, 0.2) is 42.7 Å². The maximum Gasteiger partial charge on any atom is 0.161 e. The highest BCUT2D eigenvalue weighted by molar-refractivity contribution is 5.43. The lowest BCUT2D eigenvalue weighted by molar-refractivity contribution is 0.284. The molecular formula is C20H28N2O2. The third-order valence-corrected chi connectivity index (χ3v) is 4.00. The number of ether oxygens (including phenoxy) is 2. The molecule has 0 bridgehead atoms. The number of hydrogen-bond acceptors (Lipinski definition) is 4. The average molecular weight is 328 g/mol. The van der Waals surface area contributed by atoms with Crippen LogP contribution in [0, 0.1) is 5.92 Å². The number of nitrogens with zero attached hydrogens (tertiary/aromatic N) is 1. The Morgan fingerprint density at radius 2 is 1.79 bits per heavy atom. The summed E-state index contributed by atoms with van der Waals surface area (Å²) < 4.78 is 11.4. The predicted octanol–water partition coefficient (Wildman–Crippen LogP) is 4.37. The molecule has 1 unspecified atom stereocenters. The van der Waals surface area contributed by atoms with Gasteiger partial charge in [-0.1, -0.05) is 19.9 Å². The van der Waals surface area contributed by atoms with Crippen molar-refractivity contribution in [3.05, 3.63) is 53.9 Å². The number of rotatable bonds is 9. The quantitative estimate of drug-likeness (QED) is 0.742. The molecule has 0 saturated heterocycles. The Morgan fingerprint density at radius 1 is 1.04 bits per heavy atom. The molecule has 0 spiro atoms. The van der Waals surface area contributed by atoms with Crippen molar-refractivity contribution in [2.24, 2.45) is 5.92 Å². The van der Waals surface area contributed by atoms with Crippen molar-refractivity contribution in [1.82, 2.24) is 10.3 Å². The van der Waals surface area contributed by atoms with Crippen molar-refractivity contribution in [2.45, 2.75) is 39.8 Å². The SMILES string of the molecule is COc1cc(C(C)NCCC(C)C)ccc1OCc1ccncc1. The van der Waals surface area contributed by atoms with Crippen LogP contribution in [0.1, 0.15) is 44.4 Å². The van der Waals surface area contributed by atoms with Crippen LogP contribution in [-0.4, -0.2) is 18.6 Å². The van der Waals surface area contributed by atoms with Crippen LogP contribution in [0.4, 0.5) is 0 Å². The minimum absolute atomic E-state index is 0.284. The summed E-state index contributed by atoms with van der Waals surface area (Å²) in [6, 6.07) is 10.3. The number of aromatic nitrogens is 1. The lowest BCUT2D eigenvalue weighted by Gasteiger charge is -2.18. The van der Waals surface area contributed by atoms with Crippen molar-refractivity contribution in [1.29, 1.82) is 0 Å². The van der Waals surface area contributed by atoms with E-state index in [1.165, 1.54) is 12.0 Å². The second-order valence-corrected chi connectivity index (χ2v) is 6.41. The molecule has 1 heterocycles. The lowest BCUT2D eigenvalue weighted by atomic mass is 10.1. The van der Waals surface area contributed by atoms with E-state index >= 15 is 0 Å². The Morgan fingerprint density at radius 3 is 2.46 bits per heavy atom. The van der Waals surface area contributed by atoms with Gasteiger partial charge in [0.15, 0.2) is 11.5 Å². The van der Waals surface area contributed by atoms with Crippen LogP contribution in [0.5, 0.6) is 11.5 Å². The second-order valence-electron chi connectivity index (χ2n) is 6.41. The fraction of sp³-hybridized carbons (Fsp3) is 0.450. The first-order chi connectivity index (χ1) is 11.6. The molecule has 4 heteroatoms. The van der Waals surface area contributed by atoms with Gasteiger partial charge in [-0.25, -0.2) is 0 Å². The smallest absolute Gasteiger partial charge is 0.161 e. The normalized spacial score (nSPS) is 12.2. The zero-order valence-electron chi connectivity index (χ0n) is 15.1. The lowest BCUT2D eigenvalue weighted by Crippen LogP contribution is -2.21. The molecule has 4 nitrogen and oxygen atoms in total. The standard InChI is InChI=1S/C20H28N2O2/c1-15(2)7-12-22-16(3)18-5-6-19(20(13-18)23-4)24-14-17-8-10-21-11-9-17/h5-6,8-11,13,15-16,22H,7,12,14H2,1-4H3. The minimum Gasteiger partial charge on any atom is -0.493 e. The highest BCUT2D eigenvalue weighted by Gasteiger charge is 2.11. The van der Waals surface area contributed by atoms with Crippen LogP contribution < -0.4 is 14.8 Å². The van der Waals surface area contributed by atoms with Gasteiger partial charge in [0.1, 0.15) is 6.61 Å². The van der Waals surface area contributed by atoms with Crippen molar-refractivity contribution in [3.8, 4) is 11.5 Å². The molecule has 1 aromatic heterocycles. The molecule has 130 valence electrons. The largest absolute Gasteiger partial charge is 0.493 e. The monoisotopic (exact) mass is 328 g/mol. The summed E-state index contributed by atoms with van der Waals surface area (Å²) in [7, 11) is 1.68. The molecule has 0 amide bonds. The zero-order valence-corrected chi connectivity index (χ0v) is 15.1. The first-order valence-electron chi connectivity index (χ1n) is 8.53. The Hall–Kier alpha value is -2.07. The molecule has 1 atom stereocenters. The maximum atomic E-state index is 5.89. The molecule has 0 aliphatic rings. The van der Waals surface area contributed by atoms with Gasteiger partial charge in [-0.15, -0.1) is 0 Å². The Kier molecular flexibility index (Phi) is 7.07. The number of nitrogens with one attached hydrogen (secondary N) is 1. The van der Waals surface area contributed by atoms with Gasteiger partial charge in [0.05, 0.1) is 7.11 Å². The van der Waals surface area contributed by atoms with Crippen molar-refractivity contribution < 1.29 is 9.47 Å². The molecule has 0 fully saturated rings. The van der Waals surface area contributed by atoms with Gasteiger partial charge in [-0.05, 0) is 61.2 Å². The van der Waals surface area contributed by atoms with E-state index in [9.17, 15) is 0 Å². The molecule has 2 rings (SSSR count). The summed E-state index contributed by atoms with van der Waals surface area (Å²) >= 11 is 0. The van der Waals surface area contributed by atoms with Gasteiger partial charge in [-0.3, -0.25) is 4.98 Å². The molecule has 0 radical (unpaired) electrons. The topological polar surface area (TPSA) is 43.4 Å². The Labute approximate surface area is 145 Å². The van der Waals surface area contributed by atoms with Gasteiger partial charge >= 0.3 is 0 Å². The molecule has 1 aromatic carbocycles. The Balaban J connectivity index is 1.98. The fourth-order valence-corrected chi connectivity index (χ4v) is 2.42. The number of hydrogen-bond donors (Lipinski definition) is 1. The van der Waals surface area contributed by atoms with Crippen LogP contribution in [0.25, 0.3) is 0 Å². The summed E-state index contributed by atoms with van der Waals surface area (Å²) in [5.41, 5.74) is 2.28. The van der Waals surface area contributed by atoms with Crippen molar-refractivity contribution >= 4 is 0 Å². The highest BCUT2D eigenvalue weighted by atomic mass is 16.5. The predicted molar refractivity (Wildman–Crippen MR) is 97.4 cm³/mol. The van der Waals surface area contributed by atoms with E-state index in [1.54, 1.807) is 19.5 Å². The summed E-state index contributed by atoms with van der Waals surface area (Å²) in [5.74, 6) is 2.23. The molecule has 0 saturated carbocycles. The van der Waals surface area contributed by atoms with E-state index in [4.69, 9.17) is 9.47 Å². The first kappa shape index (κ1) is 18.3. The summed E-state index contributed by atoms with van der Waals surface area (Å²) in [6.07, 6.45) is 4.71. The maximum absolute atomic E-state index is 5.89. The average Bonchev–Trinajstić information content (AvgIpc) is 2.60. The first-order valence-corrected chi connectivity index (χ1v) is 8.53. The van der Waals surface area contributed by atoms with Gasteiger partial charge in [0, 0.05) is 18.4 Å². The summed E-state index contributed by atoms with van der Waals surface area (Å²) in [4.78, 5) is 4.01. The van der Waals surface area contributed by atoms with Crippen LogP contribution in [0.2, 0.25) is 0 Å². The minimum atomic E-state index is 0.284. The highest BCUT2D eigenvalue weighted by Crippen LogP contribution is 2.31. The van der Waals surface area contributed by atoms with Gasteiger partial charge in [0.25, 0.3) is 0 Å². The van der Waals surface area contributed by atoms with Crippen LogP contribution >= 0.6 is 0 Å². The summed E-state index contributed by atoms with van der Waals surface area (Å²) in [6.45, 7) is 8.17. The number of benzene rings is 1. The van der Waals surface area contributed by atoms with Crippen molar-refractivity contribution in [2.75, 3.05) is 13.7 Å². The number of pyridine rings is 1. The third kappa shape index (κ3) is 5.53. The zero-order chi connectivity index (χ0) is 17.4. The van der Waals surface area contributed by atoms with Gasteiger partial charge in [-0.2, -0.15) is 0 Å². The molecule has 0 aliphatic carbocycles. The van der Waals surface area contributed by atoms with E-state index < -0.39 is 0 Å². The van der Waals surface area contributed by atoms with Crippen LogP contribution in [0.3, 0.4) is 0 Å². The van der Waals surface area contributed by atoms with Crippen LogP contribution in [-0.2, 0) is 6.61 Å². The fourth-order valence-electron chi connectivity index (χ4n) is 2.42. The van der Waals surface area contributed by atoms with E-state index in [0.29, 0.717) is 12.5 Å². The van der Waals surface area contributed by atoms with E-state index in [1.807, 2.05) is 18.2 Å². The third-order valence-electron chi connectivity index (χ3n) is 4.00. The molecule has 2 aromatic rings. The summed E-state index contributed by atoms with van der Waals surface area (Å²) in [5, 5.41) is 3.56. The van der Waals surface area contributed by atoms with Gasteiger partial charge in [0.2, 0.25) is 0 Å². The van der Waals surface area contributed by atoms with E-state index in [0.717, 1.165) is 23.6 Å². The molecular weight excluding hydrogens is 300 g/mol. The second kappa shape index (κ2) is 9.28. The Bertz CT molecular complexity index is 614. The van der Waals surface area contributed by atoms with Gasteiger partial charge < -0.3 is 14.8 Å². The molecule has 1 N–H and O–H groups in total.